The first-order valence-corrected chi connectivity index (χ1v) is 7.31. The Labute approximate surface area is 139 Å². The van der Waals surface area contributed by atoms with E-state index in [1.54, 1.807) is 25.1 Å². The maximum Gasteiger partial charge on any atom is 0.310 e. The Hall–Kier alpha value is -3.02. The highest BCUT2D eigenvalue weighted by Crippen LogP contribution is 2.35. The van der Waals surface area contributed by atoms with Gasteiger partial charge in [0.25, 0.3) is 0 Å². The summed E-state index contributed by atoms with van der Waals surface area (Å²) in [6.45, 7) is 1.66. The zero-order chi connectivity index (χ0) is 17.5. The first-order chi connectivity index (χ1) is 11.6. The van der Waals surface area contributed by atoms with Gasteiger partial charge in [-0.25, -0.2) is 0 Å². The van der Waals surface area contributed by atoms with Gasteiger partial charge < -0.3 is 18.6 Å². The molecule has 0 bridgehead atoms. The number of esters is 1. The molecule has 6 nitrogen and oxygen atoms in total. The predicted octanol–water partition coefficient (Wildman–Crippen LogP) is 3.51. The van der Waals surface area contributed by atoms with Crippen molar-refractivity contribution in [3.05, 3.63) is 47.9 Å². The fourth-order valence-corrected chi connectivity index (χ4v) is 1.99. The molecule has 0 radical (unpaired) electrons. The summed E-state index contributed by atoms with van der Waals surface area (Å²) in [5.41, 5.74) is 0.142. The Balaban J connectivity index is 2.44. The monoisotopic (exact) mass is 330 g/mol. The molecule has 2 rings (SSSR count). The zero-order valence-corrected chi connectivity index (χ0v) is 13.7. The lowest BCUT2D eigenvalue weighted by molar-refractivity contribution is -0.134. The minimum atomic E-state index is -0.464. The highest BCUT2D eigenvalue weighted by Gasteiger charge is 2.20. The van der Waals surface area contributed by atoms with Gasteiger partial charge in [-0.3, -0.25) is 9.59 Å². The number of ketones is 1. The maximum atomic E-state index is 12.6. The summed E-state index contributed by atoms with van der Waals surface area (Å²) >= 11 is 0. The van der Waals surface area contributed by atoms with E-state index in [1.165, 1.54) is 38.7 Å². The molecule has 0 saturated carbocycles. The molecule has 0 atom stereocenters. The standard InChI is InChI=1S/C18H18O6/c1-4-17(20)24-16-11-13(21-2)10-15(22-3)18(16)14(19)8-7-12-6-5-9-23-12/h5-11H,4H2,1-3H3. The van der Waals surface area contributed by atoms with Gasteiger partial charge >= 0.3 is 5.97 Å². The number of benzene rings is 1. The number of allylic oxidation sites excluding steroid dienone is 1. The summed E-state index contributed by atoms with van der Waals surface area (Å²) in [6.07, 6.45) is 4.53. The Bertz CT molecular complexity index is 743. The van der Waals surface area contributed by atoms with Crippen molar-refractivity contribution in [3.63, 3.8) is 0 Å². The van der Waals surface area contributed by atoms with E-state index in [-0.39, 0.29) is 29.3 Å². The second-order valence-electron chi connectivity index (χ2n) is 4.74. The third kappa shape index (κ3) is 4.04. The van der Waals surface area contributed by atoms with Crippen LogP contribution in [0.2, 0.25) is 0 Å². The summed E-state index contributed by atoms with van der Waals surface area (Å²) in [6, 6.07) is 6.46. The lowest BCUT2D eigenvalue weighted by atomic mass is 10.1. The highest BCUT2D eigenvalue weighted by molar-refractivity contribution is 6.11. The van der Waals surface area contributed by atoms with Crippen molar-refractivity contribution in [3.8, 4) is 17.2 Å². The SMILES string of the molecule is CCC(=O)Oc1cc(OC)cc(OC)c1C(=O)C=Cc1ccco1. The van der Waals surface area contributed by atoms with Crippen LogP contribution in [0.15, 0.2) is 41.0 Å². The average Bonchev–Trinajstić information content (AvgIpc) is 3.12. The van der Waals surface area contributed by atoms with Crippen molar-refractivity contribution in [2.24, 2.45) is 0 Å². The van der Waals surface area contributed by atoms with E-state index in [1.807, 2.05) is 0 Å². The second kappa shape index (κ2) is 8.01. The molecular weight excluding hydrogens is 312 g/mol. The van der Waals surface area contributed by atoms with Gasteiger partial charge in [0, 0.05) is 18.6 Å². The number of hydrogen-bond donors (Lipinski definition) is 0. The van der Waals surface area contributed by atoms with Gasteiger partial charge in [0.05, 0.1) is 20.5 Å². The number of furan rings is 1. The van der Waals surface area contributed by atoms with Crippen molar-refractivity contribution >= 4 is 17.8 Å². The zero-order valence-electron chi connectivity index (χ0n) is 13.7. The molecule has 0 unspecified atom stereocenters. The van der Waals surface area contributed by atoms with Crippen LogP contribution in [0.5, 0.6) is 17.2 Å². The van der Waals surface area contributed by atoms with Gasteiger partial charge in [0.2, 0.25) is 0 Å². The molecule has 0 amide bonds. The van der Waals surface area contributed by atoms with Crippen molar-refractivity contribution < 1.29 is 28.2 Å². The molecule has 1 aromatic carbocycles. The Morgan fingerprint density at radius 3 is 2.50 bits per heavy atom. The van der Waals surface area contributed by atoms with Crippen LogP contribution in [0.1, 0.15) is 29.5 Å². The average molecular weight is 330 g/mol. The normalized spacial score (nSPS) is 10.6. The van der Waals surface area contributed by atoms with Crippen LogP contribution in [0.3, 0.4) is 0 Å². The number of ether oxygens (including phenoxy) is 3. The van der Waals surface area contributed by atoms with Gasteiger partial charge in [-0.2, -0.15) is 0 Å². The maximum absolute atomic E-state index is 12.6. The van der Waals surface area contributed by atoms with E-state index in [9.17, 15) is 9.59 Å². The molecule has 24 heavy (non-hydrogen) atoms. The number of carbonyl (C=O) groups is 2. The first-order valence-electron chi connectivity index (χ1n) is 7.31. The molecule has 126 valence electrons. The largest absolute Gasteiger partial charge is 0.496 e. The van der Waals surface area contributed by atoms with Gasteiger partial charge in [0.1, 0.15) is 28.6 Å². The molecule has 2 aromatic rings. The smallest absolute Gasteiger partial charge is 0.310 e. The molecule has 0 spiro atoms. The highest BCUT2D eigenvalue weighted by atomic mass is 16.5. The predicted molar refractivity (Wildman–Crippen MR) is 87.5 cm³/mol. The van der Waals surface area contributed by atoms with Crippen LogP contribution in [-0.4, -0.2) is 26.0 Å². The number of hydrogen-bond acceptors (Lipinski definition) is 6. The van der Waals surface area contributed by atoms with E-state index in [0.717, 1.165) is 0 Å². The van der Waals surface area contributed by atoms with Crippen LogP contribution in [-0.2, 0) is 4.79 Å². The Kier molecular flexibility index (Phi) is 5.78. The molecule has 0 aliphatic heterocycles. The summed E-state index contributed by atoms with van der Waals surface area (Å²) in [5.74, 6) is 0.439. The van der Waals surface area contributed by atoms with Crippen molar-refractivity contribution in [2.75, 3.05) is 14.2 Å². The molecule has 1 aromatic heterocycles. The lowest BCUT2D eigenvalue weighted by Gasteiger charge is -2.13. The molecule has 0 N–H and O–H groups in total. The van der Waals surface area contributed by atoms with Crippen LogP contribution >= 0.6 is 0 Å². The number of methoxy groups -OCH3 is 2. The quantitative estimate of drug-likeness (QED) is 0.335. The number of rotatable bonds is 7. The van der Waals surface area contributed by atoms with E-state index in [4.69, 9.17) is 18.6 Å². The molecular formula is C18H18O6. The third-order valence-corrected chi connectivity index (χ3v) is 3.20. The molecule has 1 heterocycles. The van der Waals surface area contributed by atoms with Crippen LogP contribution < -0.4 is 14.2 Å². The summed E-state index contributed by atoms with van der Waals surface area (Å²) < 4.78 is 20.8. The van der Waals surface area contributed by atoms with Gasteiger partial charge in [-0.1, -0.05) is 6.92 Å². The van der Waals surface area contributed by atoms with Gasteiger partial charge in [0.15, 0.2) is 5.78 Å². The summed E-state index contributed by atoms with van der Waals surface area (Å²) in [7, 11) is 2.89. The van der Waals surface area contributed by atoms with Crippen molar-refractivity contribution in [2.45, 2.75) is 13.3 Å². The molecule has 0 saturated heterocycles. The van der Waals surface area contributed by atoms with Gasteiger partial charge in [-0.05, 0) is 24.3 Å². The van der Waals surface area contributed by atoms with Gasteiger partial charge in [-0.15, -0.1) is 0 Å². The number of carbonyl (C=O) groups excluding carboxylic acids is 2. The van der Waals surface area contributed by atoms with E-state index in [2.05, 4.69) is 0 Å². The third-order valence-electron chi connectivity index (χ3n) is 3.20. The van der Waals surface area contributed by atoms with E-state index >= 15 is 0 Å². The van der Waals surface area contributed by atoms with Crippen molar-refractivity contribution in [1.82, 2.24) is 0 Å². The second-order valence-corrected chi connectivity index (χ2v) is 4.74. The fraction of sp³-hybridized carbons (Fsp3) is 0.222. The summed E-state index contributed by atoms with van der Waals surface area (Å²) in [5, 5.41) is 0. The lowest BCUT2D eigenvalue weighted by Crippen LogP contribution is -2.10. The van der Waals surface area contributed by atoms with E-state index < -0.39 is 5.97 Å². The molecule has 0 aliphatic carbocycles. The van der Waals surface area contributed by atoms with Crippen LogP contribution in [0.4, 0.5) is 0 Å². The Morgan fingerprint density at radius 2 is 1.92 bits per heavy atom. The first kappa shape index (κ1) is 17.3. The Morgan fingerprint density at radius 1 is 1.17 bits per heavy atom. The summed E-state index contributed by atoms with van der Waals surface area (Å²) in [4.78, 5) is 24.2. The fourth-order valence-electron chi connectivity index (χ4n) is 1.99. The van der Waals surface area contributed by atoms with E-state index in [0.29, 0.717) is 11.5 Å². The topological polar surface area (TPSA) is 75.0 Å². The minimum absolute atomic E-state index is 0.0899. The molecule has 0 aliphatic rings. The van der Waals surface area contributed by atoms with Crippen molar-refractivity contribution in [1.29, 1.82) is 0 Å². The molecule has 0 fully saturated rings. The minimum Gasteiger partial charge on any atom is -0.496 e. The van der Waals surface area contributed by atoms with Crippen LogP contribution in [0, 0.1) is 0 Å². The molecule has 6 heteroatoms. The van der Waals surface area contributed by atoms with Crippen LogP contribution in [0.25, 0.3) is 6.08 Å².